The average Bonchev–Trinajstić information content (AvgIpc) is 2.93. The van der Waals surface area contributed by atoms with Crippen molar-refractivity contribution in [1.82, 2.24) is 4.98 Å². The van der Waals surface area contributed by atoms with Crippen LogP contribution >= 0.6 is 11.6 Å². The van der Waals surface area contributed by atoms with Crippen LogP contribution in [-0.4, -0.2) is 23.2 Å². The number of hydrogen-bond donors (Lipinski definition) is 1. The zero-order chi connectivity index (χ0) is 14.9. The van der Waals surface area contributed by atoms with Gasteiger partial charge in [0, 0.05) is 23.0 Å². The van der Waals surface area contributed by atoms with Gasteiger partial charge in [-0.15, -0.1) is 11.6 Å². The topological polar surface area (TPSA) is 43.4 Å². The van der Waals surface area contributed by atoms with E-state index >= 15 is 0 Å². The maximum Gasteiger partial charge on any atom is 0.231 e. The van der Waals surface area contributed by atoms with E-state index in [2.05, 4.69) is 24.1 Å². The molecule has 0 fully saturated rings. The van der Waals surface area contributed by atoms with Crippen molar-refractivity contribution in [1.29, 1.82) is 0 Å². The Morgan fingerprint density at radius 3 is 2.81 bits per heavy atom. The lowest BCUT2D eigenvalue weighted by molar-refractivity contribution is 0.174. The third-order valence-corrected chi connectivity index (χ3v) is 4.29. The Balaban J connectivity index is 2.02. The molecule has 2 aromatic rings. The van der Waals surface area contributed by atoms with Crippen molar-refractivity contribution in [2.75, 3.05) is 18.0 Å². The molecule has 5 heteroatoms. The first-order chi connectivity index (χ1) is 10.1. The van der Waals surface area contributed by atoms with E-state index in [-0.39, 0.29) is 12.3 Å². The molecule has 112 valence electrons. The molecule has 0 saturated carbocycles. The van der Waals surface area contributed by atoms with Crippen LogP contribution < -0.4 is 14.8 Å². The van der Waals surface area contributed by atoms with Crippen molar-refractivity contribution in [3.63, 3.8) is 0 Å². The maximum absolute atomic E-state index is 5.93. The SMILES string of the molecule is CCC(C)(CCCl)Nc1nccc2cc3c(cc12)OCO3. The van der Waals surface area contributed by atoms with Crippen LogP contribution in [0.25, 0.3) is 10.8 Å². The van der Waals surface area contributed by atoms with Gasteiger partial charge in [-0.05, 0) is 43.4 Å². The Hall–Kier alpha value is -1.68. The molecule has 1 unspecified atom stereocenters. The number of nitrogens with zero attached hydrogens (tertiary/aromatic N) is 1. The number of halogens is 1. The Bertz CT molecular complexity index is 662. The van der Waals surface area contributed by atoms with Crippen molar-refractivity contribution < 1.29 is 9.47 Å². The van der Waals surface area contributed by atoms with Crippen LogP contribution in [0.5, 0.6) is 11.5 Å². The molecule has 21 heavy (non-hydrogen) atoms. The summed E-state index contributed by atoms with van der Waals surface area (Å²) in [6.07, 6.45) is 3.67. The lowest BCUT2D eigenvalue weighted by Crippen LogP contribution is -2.34. The van der Waals surface area contributed by atoms with Crippen molar-refractivity contribution in [3.05, 3.63) is 24.4 Å². The van der Waals surface area contributed by atoms with Crippen LogP contribution in [0.15, 0.2) is 24.4 Å². The predicted octanol–water partition coefficient (Wildman–Crippen LogP) is 4.17. The summed E-state index contributed by atoms with van der Waals surface area (Å²) < 4.78 is 10.9. The molecule has 4 nitrogen and oxygen atoms in total. The average molecular weight is 307 g/mol. The highest BCUT2D eigenvalue weighted by molar-refractivity contribution is 6.17. The van der Waals surface area contributed by atoms with Crippen LogP contribution in [0, 0.1) is 0 Å². The zero-order valence-corrected chi connectivity index (χ0v) is 13.0. The highest BCUT2D eigenvalue weighted by Gasteiger charge is 2.23. The first-order valence-electron chi connectivity index (χ1n) is 7.18. The second kappa shape index (κ2) is 5.60. The molecule has 1 atom stereocenters. The number of nitrogens with one attached hydrogen (secondary N) is 1. The number of ether oxygens (including phenoxy) is 2. The Labute approximate surface area is 129 Å². The first kappa shape index (κ1) is 14.3. The second-order valence-corrected chi connectivity index (χ2v) is 5.94. The van der Waals surface area contributed by atoms with E-state index in [1.54, 1.807) is 0 Å². The van der Waals surface area contributed by atoms with Gasteiger partial charge >= 0.3 is 0 Å². The number of anilines is 1. The molecule has 0 amide bonds. The van der Waals surface area contributed by atoms with Crippen LogP contribution in [0.2, 0.25) is 0 Å². The molecule has 1 aliphatic rings. The number of alkyl halides is 1. The summed E-state index contributed by atoms with van der Waals surface area (Å²) in [6, 6.07) is 5.96. The molecule has 1 aromatic heterocycles. The summed E-state index contributed by atoms with van der Waals surface area (Å²) in [5, 5.41) is 5.67. The van der Waals surface area contributed by atoms with Gasteiger partial charge in [0.05, 0.1) is 0 Å². The van der Waals surface area contributed by atoms with E-state index in [1.807, 2.05) is 24.4 Å². The molecule has 0 spiro atoms. The summed E-state index contributed by atoms with van der Waals surface area (Å²) in [5.74, 6) is 3.04. The van der Waals surface area contributed by atoms with Crippen LogP contribution in [0.3, 0.4) is 0 Å². The molecule has 0 saturated heterocycles. The van der Waals surface area contributed by atoms with E-state index < -0.39 is 0 Å². The number of fused-ring (bicyclic) bond motifs is 2. The van der Waals surface area contributed by atoms with Gasteiger partial charge in [-0.1, -0.05) is 6.92 Å². The predicted molar refractivity (Wildman–Crippen MR) is 85.5 cm³/mol. The molecule has 1 aromatic carbocycles. The first-order valence-corrected chi connectivity index (χ1v) is 7.71. The molecule has 1 N–H and O–H groups in total. The third kappa shape index (κ3) is 2.72. The summed E-state index contributed by atoms with van der Waals surface area (Å²) in [7, 11) is 0. The van der Waals surface area contributed by atoms with Crippen LogP contribution in [-0.2, 0) is 0 Å². The Morgan fingerprint density at radius 1 is 1.33 bits per heavy atom. The minimum absolute atomic E-state index is 0.0700. The summed E-state index contributed by atoms with van der Waals surface area (Å²) in [4.78, 5) is 4.50. The lowest BCUT2D eigenvalue weighted by Gasteiger charge is -2.30. The van der Waals surface area contributed by atoms with Crippen molar-refractivity contribution in [2.24, 2.45) is 0 Å². The zero-order valence-electron chi connectivity index (χ0n) is 12.3. The van der Waals surface area contributed by atoms with E-state index in [1.165, 1.54) is 0 Å². The number of pyridine rings is 1. The smallest absolute Gasteiger partial charge is 0.231 e. The summed E-state index contributed by atoms with van der Waals surface area (Å²) in [6.45, 7) is 4.60. The number of hydrogen-bond acceptors (Lipinski definition) is 4. The fourth-order valence-electron chi connectivity index (χ4n) is 2.48. The fourth-order valence-corrected chi connectivity index (χ4v) is 2.90. The second-order valence-electron chi connectivity index (χ2n) is 5.56. The quantitative estimate of drug-likeness (QED) is 0.842. The van der Waals surface area contributed by atoms with Crippen molar-refractivity contribution in [3.8, 4) is 11.5 Å². The van der Waals surface area contributed by atoms with Gasteiger partial charge in [-0.25, -0.2) is 4.98 Å². The molecule has 3 rings (SSSR count). The lowest BCUT2D eigenvalue weighted by atomic mass is 9.95. The number of rotatable bonds is 5. The van der Waals surface area contributed by atoms with Crippen molar-refractivity contribution in [2.45, 2.75) is 32.2 Å². The molecular formula is C16H19ClN2O2. The molecule has 1 aliphatic heterocycles. The van der Waals surface area contributed by atoms with Gasteiger partial charge in [-0.2, -0.15) is 0 Å². The van der Waals surface area contributed by atoms with Crippen molar-refractivity contribution >= 4 is 28.2 Å². The fraction of sp³-hybridized carbons (Fsp3) is 0.438. The minimum atomic E-state index is -0.0700. The summed E-state index contributed by atoms with van der Waals surface area (Å²) >= 11 is 5.93. The van der Waals surface area contributed by atoms with E-state index in [0.29, 0.717) is 5.88 Å². The summed E-state index contributed by atoms with van der Waals surface area (Å²) in [5.41, 5.74) is -0.0700. The van der Waals surface area contributed by atoms with Crippen LogP contribution in [0.4, 0.5) is 5.82 Å². The van der Waals surface area contributed by atoms with E-state index in [4.69, 9.17) is 21.1 Å². The van der Waals surface area contributed by atoms with Gasteiger partial charge in [0.2, 0.25) is 6.79 Å². The van der Waals surface area contributed by atoms with Gasteiger partial charge < -0.3 is 14.8 Å². The highest BCUT2D eigenvalue weighted by Crippen LogP contribution is 2.38. The molecule has 2 heterocycles. The van der Waals surface area contributed by atoms with Gasteiger partial charge in [0.15, 0.2) is 11.5 Å². The monoisotopic (exact) mass is 306 g/mol. The number of benzene rings is 1. The Kier molecular flexibility index (Phi) is 3.81. The molecule has 0 aliphatic carbocycles. The van der Waals surface area contributed by atoms with E-state index in [0.717, 1.165) is 40.9 Å². The minimum Gasteiger partial charge on any atom is -0.454 e. The maximum atomic E-state index is 5.93. The number of aromatic nitrogens is 1. The third-order valence-electron chi connectivity index (χ3n) is 4.10. The Morgan fingerprint density at radius 2 is 2.10 bits per heavy atom. The molecular weight excluding hydrogens is 288 g/mol. The molecule has 0 radical (unpaired) electrons. The van der Waals surface area contributed by atoms with Gasteiger partial charge in [0.1, 0.15) is 5.82 Å². The highest BCUT2D eigenvalue weighted by atomic mass is 35.5. The van der Waals surface area contributed by atoms with Gasteiger partial charge in [-0.3, -0.25) is 0 Å². The van der Waals surface area contributed by atoms with E-state index in [9.17, 15) is 0 Å². The standard InChI is InChI=1S/C16H19ClN2O2/c1-3-16(2,5-6-17)19-15-12-9-14-13(20-10-21-14)8-11(12)4-7-18-15/h4,7-9H,3,5-6,10H2,1-2H3,(H,18,19). The molecule has 0 bridgehead atoms. The van der Waals surface area contributed by atoms with Crippen LogP contribution in [0.1, 0.15) is 26.7 Å². The largest absolute Gasteiger partial charge is 0.454 e. The normalized spacial score (nSPS) is 16.0. The van der Waals surface area contributed by atoms with Gasteiger partial charge in [0.25, 0.3) is 0 Å².